The Hall–Kier alpha value is -0.243. The lowest BCUT2D eigenvalue weighted by Gasteiger charge is -2.41. The molecule has 0 amide bonds. The minimum atomic E-state index is -1.14. The second kappa shape index (κ2) is 4.31. The number of hydrogen-bond acceptors (Lipinski definition) is 1. The molecule has 0 heterocycles. The first-order valence-corrected chi connectivity index (χ1v) is 8.60. The highest BCUT2D eigenvalue weighted by atomic mass is 28.3. The van der Waals surface area contributed by atoms with Gasteiger partial charge in [-0.05, 0) is 17.2 Å². The van der Waals surface area contributed by atoms with Gasteiger partial charge >= 0.3 is 0 Å². The van der Waals surface area contributed by atoms with Crippen LogP contribution in [0.2, 0.25) is 24.7 Å². The monoisotopic (exact) mass is 199 g/mol. The Bertz CT molecular complexity index is 179. The van der Waals surface area contributed by atoms with Gasteiger partial charge in [0.05, 0.1) is 8.07 Å². The lowest BCUT2D eigenvalue weighted by molar-refractivity contribution is 0.503. The molecule has 0 aromatic heterocycles. The molecule has 0 aliphatic heterocycles. The Morgan fingerprint density at radius 3 is 1.92 bits per heavy atom. The summed E-state index contributed by atoms with van der Waals surface area (Å²) >= 11 is 0. The van der Waals surface area contributed by atoms with Crippen molar-refractivity contribution in [2.24, 2.45) is 5.92 Å². The van der Waals surface area contributed by atoms with Crippen LogP contribution in [0.5, 0.6) is 0 Å². The topological polar surface area (TPSA) is 12.0 Å². The lowest BCUT2D eigenvalue weighted by Crippen LogP contribution is -2.39. The van der Waals surface area contributed by atoms with Gasteiger partial charge in [-0.1, -0.05) is 46.5 Å². The summed E-state index contributed by atoms with van der Waals surface area (Å²) < 4.78 is 0. The van der Waals surface area contributed by atoms with Gasteiger partial charge < -0.3 is 5.32 Å². The van der Waals surface area contributed by atoms with Gasteiger partial charge in [-0.2, -0.15) is 0 Å². The molecule has 0 fully saturated rings. The quantitative estimate of drug-likeness (QED) is 0.684. The van der Waals surface area contributed by atoms with E-state index in [1.807, 2.05) is 7.05 Å². The van der Waals surface area contributed by atoms with Crippen molar-refractivity contribution >= 4 is 8.07 Å². The highest BCUT2D eigenvalue weighted by molar-refractivity contribution is 6.79. The Kier molecular flexibility index (Phi) is 4.23. The van der Waals surface area contributed by atoms with E-state index in [1.165, 1.54) is 0 Å². The highest BCUT2D eigenvalue weighted by Gasteiger charge is 2.39. The normalized spacial score (nSPS) is 17.8. The number of rotatable bonds is 4. The largest absolute Gasteiger partial charge is 0.394 e. The molecular weight excluding hydrogens is 174 g/mol. The summed E-state index contributed by atoms with van der Waals surface area (Å²) in [6.45, 7) is 14.3. The van der Waals surface area contributed by atoms with Crippen molar-refractivity contribution in [3.63, 3.8) is 0 Å². The third-order valence-corrected chi connectivity index (χ3v) is 7.39. The molecule has 0 rings (SSSR count). The summed E-state index contributed by atoms with van der Waals surface area (Å²) in [7, 11) is 0.822. The molecule has 2 heteroatoms. The van der Waals surface area contributed by atoms with Crippen LogP contribution in [0, 0.1) is 5.92 Å². The first kappa shape index (κ1) is 12.8. The van der Waals surface area contributed by atoms with E-state index >= 15 is 0 Å². The number of allylic oxidation sites excluding steroid dienone is 1. The van der Waals surface area contributed by atoms with Crippen molar-refractivity contribution < 1.29 is 0 Å². The zero-order valence-electron chi connectivity index (χ0n) is 10.2. The van der Waals surface area contributed by atoms with Crippen LogP contribution in [-0.2, 0) is 0 Å². The smallest absolute Gasteiger partial charge is 0.0549 e. The average molecular weight is 199 g/mol. The molecule has 0 spiro atoms. The Labute approximate surface area is 84.6 Å². The first-order chi connectivity index (χ1) is 5.75. The van der Waals surface area contributed by atoms with Gasteiger partial charge in [0, 0.05) is 7.05 Å². The summed E-state index contributed by atoms with van der Waals surface area (Å²) in [5.74, 6) is 0.712. The van der Waals surface area contributed by atoms with Gasteiger partial charge in [-0.3, -0.25) is 0 Å². The average Bonchev–Trinajstić information content (AvgIpc) is 1.97. The molecule has 0 aliphatic rings. The van der Waals surface area contributed by atoms with Gasteiger partial charge in [-0.15, -0.1) is 0 Å². The fraction of sp³-hybridized carbons (Fsp3) is 0.818. The maximum atomic E-state index is 3.09. The molecule has 0 bridgehead atoms. The minimum Gasteiger partial charge on any atom is -0.394 e. The molecule has 0 aromatic rings. The second-order valence-corrected chi connectivity index (χ2v) is 10.9. The summed E-state index contributed by atoms with van der Waals surface area (Å²) in [5, 5.41) is 3.48. The molecule has 78 valence electrons. The van der Waals surface area contributed by atoms with Crippen LogP contribution in [0.3, 0.4) is 0 Å². The summed E-state index contributed by atoms with van der Waals surface area (Å²) in [6, 6.07) is 0. The van der Waals surface area contributed by atoms with Crippen LogP contribution in [-0.4, -0.2) is 15.1 Å². The van der Waals surface area contributed by atoms with Crippen LogP contribution < -0.4 is 5.32 Å². The Morgan fingerprint density at radius 2 is 1.69 bits per heavy atom. The maximum Gasteiger partial charge on any atom is 0.0549 e. The molecule has 0 radical (unpaired) electrons. The highest BCUT2D eigenvalue weighted by Crippen LogP contribution is 2.45. The van der Waals surface area contributed by atoms with Gasteiger partial charge in [0.1, 0.15) is 0 Å². The molecule has 0 saturated heterocycles. The fourth-order valence-electron chi connectivity index (χ4n) is 1.56. The van der Waals surface area contributed by atoms with E-state index in [0.29, 0.717) is 11.0 Å². The van der Waals surface area contributed by atoms with Crippen molar-refractivity contribution in [1.82, 2.24) is 5.32 Å². The molecule has 1 nitrogen and oxygen atoms in total. The Balaban J connectivity index is 4.85. The predicted molar refractivity (Wildman–Crippen MR) is 64.8 cm³/mol. The summed E-state index contributed by atoms with van der Waals surface area (Å²) in [6.07, 6.45) is 4.43. The molecule has 1 atom stereocenters. The van der Waals surface area contributed by atoms with Crippen molar-refractivity contribution in [3.8, 4) is 0 Å². The van der Waals surface area contributed by atoms with Crippen LogP contribution in [0.15, 0.2) is 12.3 Å². The minimum absolute atomic E-state index is 0.385. The van der Waals surface area contributed by atoms with Crippen LogP contribution in [0.4, 0.5) is 0 Å². The third kappa shape index (κ3) is 2.87. The summed E-state index contributed by atoms with van der Waals surface area (Å²) in [5.41, 5.74) is 0. The molecule has 1 N–H and O–H groups in total. The van der Waals surface area contributed by atoms with Gasteiger partial charge in [0.15, 0.2) is 0 Å². The number of nitrogens with one attached hydrogen (secondary N) is 1. The van der Waals surface area contributed by atoms with Crippen LogP contribution in [0.25, 0.3) is 0 Å². The second-order valence-electron chi connectivity index (χ2n) is 5.31. The first-order valence-electron chi connectivity index (χ1n) is 5.10. The van der Waals surface area contributed by atoms with Gasteiger partial charge in [0.25, 0.3) is 0 Å². The molecule has 0 aromatic carbocycles. The van der Waals surface area contributed by atoms with Crippen molar-refractivity contribution in [1.29, 1.82) is 0 Å². The van der Waals surface area contributed by atoms with Gasteiger partial charge in [0.2, 0.25) is 0 Å². The zero-order chi connectivity index (χ0) is 10.7. The van der Waals surface area contributed by atoms with E-state index in [-0.39, 0.29) is 0 Å². The van der Waals surface area contributed by atoms with Gasteiger partial charge in [-0.25, -0.2) is 0 Å². The molecular formula is C11H25NSi. The zero-order valence-corrected chi connectivity index (χ0v) is 11.2. The van der Waals surface area contributed by atoms with Crippen LogP contribution in [0.1, 0.15) is 20.8 Å². The van der Waals surface area contributed by atoms with E-state index in [2.05, 4.69) is 58.0 Å². The maximum absolute atomic E-state index is 3.09. The standard InChI is InChI=1S/C11H25NSi/c1-10(2)11(3,8-9-12-4)13(5,6)7/h8-10,12H,1-7H3/b9-8-/t11-/m1/s1. The third-order valence-electron chi connectivity index (χ3n) is 3.41. The molecule has 0 aliphatic carbocycles. The van der Waals surface area contributed by atoms with Crippen LogP contribution >= 0.6 is 0 Å². The fourth-order valence-corrected chi connectivity index (χ4v) is 3.88. The van der Waals surface area contributed by atoms with E-state index in [9.17, 15) is 0 Å². The summed E-state index contributed by atoms with van der Waals surface area (Å²) in [4.78, 5) is 0. The SMILES string of the molecule is CN/C=C\[C@](C)(C(C)C)[Si](C)(C)C. The van der Waals surface area contributed by atoms with Crippen molar-refractivity contribution in [2.45, 2.75) is 45.5 Å². The lowest BCUT2D eigenvalue weighted by atomic mass is 9.96. The van der Waals surface area contributed by atoms with Crippen molar-refractivity contribution in [3.05, 3.63) is 12.3 Å². The van der Waals surface area contributed by atoms with Crippen molar-refractivity contribution in [2.75, 3.05) is 7.05 Å². The molecule has 0 unspecified atom stereocenters. The van der Waals surface area contributed by atoms with E-state index in [1.54, 1.807) is 0 Å². The van der Waals surface area contributed by atoms with E-state index in [0.717, 1.165) is 0 Å². The predicted octanol–water partition coefficient (Wildman–Crippen LogP) is 3.47. The number of hydrogen-bond donors (Lipinski definition) is 1. The molecule has 0 saturated carbocycles. The Morgan fingerprint density at radius 1 is 1.23 bits per heavy atom. The van der Waals surface area contributed by atoms with E-state index < -0.39 is 8.07 Å². The molecule has 13 heavy (non-hydrogen) atoms. The van der Waals surface area contributed by atoms with E-state index in [4.69, 9.17) is 0 Å².